The van der Waals surface area contributed by atoms with Gasteiger partial charge in [-0.05, 0) is 69.3 Å². The molecule has 0 bridgehead atoms. The molecule has 2 aromatic carbocycles. The Morgan fingerprint density at radius 2 is 1.86 bits per heavy atom. The molecule has 112 valence electrons. The average molecular weight is 308 g/mol. The Hall–Kier alpha value is -1.58. The minimum Gasteiger partial charge on any atom is -0.457 e. The van der Waals surface area contributed by atoms with Gasteiger partial charge in [-0.25, -0.2) is 4.39 Å². The topological polar surface area (TPSA) is 21.3 Å². The SMILES string of the molecule is CNC(C)c1cc(F)c(C)cc1Oc1ccc(Cl)c(C)c1. The second-order valence-corrected chi connectivity index (χ2v) is 5.57. The van der Waals surface area contributed by atoms with E-state index in [-0.39, 0.29) is 11.9 Å². The number of hydrogen-bond donors (Lipinski definition) is 1. The molecule has 1 unspecified atom stereocenters. The van der Waals surface area contributed by atoms with Gasteiger partial charge in [0.25, 0.3) is 0 Å². The lowest BCUT2D eigenvalue weighted by Crippen LogP contribution is -2.13. The van der Waals surface area contributed by atoms with Crippen molar-refractivity contribution in [2.45, 2.75) is 26.8 Å². The molecular weight excluding hydrogens is 289 g/mol. The molecule has 0 amide bonds. The molecule has 0 aliphatic heterocycles. The van der Waals surface area contributed by atoms with Crippen molar-refractivity contribution in [2.75, 3.05) is 7.05 Å². The molecule has 2 aromatic rings. The predicted octanol–water partition coefficient (Wildman–Crippen LogP) is 5.17. The molecule has 0 saturated heterocycles. The Balaban J connectivity index is 2.42. The minimum absolute atomic E-state index is 0.0107. The summed E-state index contributed by atoms with van der Waals surface area (Å²) in [6.45, 7) is 5.61. The van der Waals surface area contributed by atoms with Crippen molar-refractivity contribution in [3.8, 4) is 11.5 Å². The van der Waals surface area contributed by atoms with E-state index in [0.29, 0.717) is 22.1 Å². The second kappa shape index (κ2) is 6.46. The minimum atomic E-state index is -0.230. The molecule has 0 aliphatic carbocycles. The van der Waals surface area contributed by atoms with Crippen molar-refractivity contribution >= 4 is 11.6 Å². The van der Waals surface area contributed by atoms with Gasteiger partial charge in [-0.1, -0.05) is 11.6 Å². The Morgan fingerprint density at radius 3 is 2.48 bits per heavy atom. The lowest BCUT2D eigenvalue weighted by atomic mass is 10.0. The zero-order valence-electron chi connectivity index (χ0n) is 12.6. The van der Waals surface area contributed by atoms with Crippen LogP contribution in [0.25, 0.3) is 0 Å². The van der Waals surface area contributed by atoms with Gasteiger partial charge >= 0.3 is 0 Å². The van der Waals surface area contributed by atoms with E-state index < -0.39 is 0 Å². The van der Waals surface area contributed by atoms with E-state index in [0.717, 1.165) is 11.1 Å². The number of benzene rings is 2. The molecule has 0 aromatic heterocycles. The summed E-state index contributed by atoms with van der Waals surface area (Å²) in [5.74, 6) is 1.11. The van der Waals surface area contributed by atoms with E-state index in [9.17, 15) is 4.39 Å². The van der Waals surface area contributed by atoms with Crippen LogP contribution in [0.2, 0.25) is 5.02 Å². The number of ether oxygens (including phenoxy) is 1. The number of aryl methyl sites for hydroxylation is 2. The summed E-state index contributed by atoms with van der Waals surface area (Å²) in [4.78, 5) is 0. The lowest BCUT2D eigenvalue weighted by molar-refractivity contribution is 0.462. The summed E-state index contributed by atoms with van der Waals surface area (Å²) in [7, 11) is 1.83. The van der Waals surface area contributed by atoms with Crippen molar-refractivity contribution in [1.82, 2.24) is 5.32 Å². The molecular formula is C17H19ClFNO. The van der Waals surface area contributed by atoms with E-state index >= 15 is 0 Å². The highest BCUT2D eigenvalue weighted by Crippen LogP contribution is 2.33. The van der Waals surface area contributed by atoms with Gasteiger partial charge in [0.1, 0.15) is 17.3 Å². The van der Waals surface area contributed by atoms with Crippen LogP contribution in [0.4, 0.5) is 4.39 Å². The maximum atomic E-state index is 13.8. The van der Waals surface area contributed by atoms with E-state index in [1.807, 2.05) is 33.0 Å². The van der Waals surface area contributed by atoms with Crippen LogP contribution in [0.5, 0.6) is 11.5 Å². The fourth-order valence-electron chi connectivity index (χ4n) is 2.06. The van der Waals surface area contributed by atoms with Crippen molar-refractivity contribution in [3.63, 3.8) is 0 Å². The first-order chi connectivity index (χ1) is 9.92. The maximum absolute atomic E-state index is 13.8. The average Bonchev–Trinajstić information content (AvgIpc) is 2.45. The normalized spacial score (nSPS) is 12.3. The van der Waals surface area contributed by atoms with Gasteiger partial charge in [-0.3, -0.25) is 0 Å². The van der Waals surface area contributed by atoms with Gasteiger partial charge in [0, 0.05) is 16.6 Å². The molecule has 0 aliphatic rings. The summed E-state index contributed by atoms with van der Waals surface area (Å²) < 4.78 is 19.7. The molecule has 21 heavy (non-hydrogen) atoms. The van der Waals surface area contributed by atoms with Gasteiger partial charge in [0.2, 0.25) is 0 Å². The number of halogens is 2. The van der Waals surface area contributed by atoms with Gasteiger partial charge < -0.3 is 10.1 Å². The molecule has 0 radical (unpaired) electrons. The van der Waals surface area contributed by atoms with Gasteiger partial charge in [-0.2, -0.15) is 0 Å². The van der Waals surface area contributed by atoms with Gasteiger partial charge in [0.15, 0.2) is 0 Å². The quantitative estimate of drug-likeness (QED) is 0.841. The van der Waals surface area contributed by atoms with Crippen LogP contribution in [0.1, 0.15) is 29.7 Å². The summed E-state index contributed by atoms with van der Waals surface area (Å²) in [5.41, 5.74) is 2.28. The lowest BCUT2D eigenvalue weighted by Gasteiger charge is -2.18. The first kappa shape index (κ1) is 15.8. The Morgan fingerprint density at radius 1 is 1.14 bits per heavy atom. The van der Waals surface area contributed by atoms with Crippen molar-refractivity contribution in [1.29, 1.82) is 0 Å². The highest BCUT2D eigenvalue weighted by Gasteiger charge is 2.14. The second-order valence-electron chi connectivity index (χ2n) is 5.16. The van der Waals surface area contributed by atoms with Gasteiger partial charge in [-0.15, -0.1) is 0 Å². The third kappa shape index (κ3) is 3.55. The summed E-state index contributed by atoms with van der Waals surface area (Å²) in [5, 5.41) is 3.80. The first-order valence-electron chi connectivity index (χ1n) is 6.83. The molecule has 0 spiro atoms. The molecule has 0 fully saturated rings. The van der Waals surface area contributed by atoms with Crippen molar-refractivity contribution in [3.05, 3.63) is 57.9 Å². The van der Waals surface area contributed by atoms with Crippen LogP contribution in [0, 0.1) is 19.7 Å². The van der Waals surface area contributed by atoms with E-state index in [4.69, 9.17) is 16.3 Å². The zero-order chi connectivity index (χ0) is 15.6. The van der Waals surface area contributed by atoms with Crippen LogP contribution in [-0.4, -0.2) is 7.05 Å². The third-order valence-corrected chi connectivity index (χ3v) is 3.97. The maximum Gasteiger partial charge on any atom is 0.132 e. The zero-order valence-corrected chi connectivity index (χ0v) is 13.4. The predicted molar refractivity (Wildman–Crippen MR) is 84.9 cm³/mol. The molecule has 0 saturated carbocycles. The van der Waals surface area contributed by atoms with Crippen LogP contribution in [0.3, 0.4) is 0 Å². The number of nitrogens with one attached hydrogen (secondary N) is 1. The van der Waals surface area contributed by atoms with Crippen molar-refractivity contribution < 1.29 is 9.13 Å². The highest BCUT2D eigenvalue weighted by atomic mass is 35.5. The number of rotatable bonds is 4. The summed E-state index contributed by atoms with van der Waals surface area (Å²) in [6, 6.07) is 8.71. The summed E-state index contributed by atoms with van der Waals surface area (Å²) in [6.07, 6.45) is 0. The highest BCUT2D eigenvalue weighted by molar-refractivity contribution is 6.31. The fourth-order valence-corrected chi connectivity index (χ4v) is 2.18. The monoisotopic (exact) mass is 307 g/mol. The molecule has 1 N–H and O–H groups in total. The van der Waals surface area contributed by atoms with Crippen LogP contribution in [-0.2, 0) is 0 Å². The fraction of sp³-hybridized carbons (Fsp3) is 0.294. The van der Waals surface area contributed by atoms with E-state index in [1.54, 1.807) is 19.1 Å². The largest absolute Gasteiger partial charge is 0.457 e. The van der Waals surface area contributed by atoms with E-state index in [2.05, 4.69) is 5.32 Å². The smallest absolute Gasteiger partial charge is 0.132 e. The summed E-state index contributed by atoms with van der Waals surface area (Å²) >= 11 is 6.02. The van der Waals surface area contributed by atoms with Gasteiger partial charge in [0.05, 0.1) is 0 Å². The Kier molecular flexibility index (Phi) is 4.86. The molecule has 2 nitrogen and oxygen atoms in total. The van der Waals surface area contributed by atoms with Crippen LogP contribution in [0.15, 0.2) is 30.3 Å². The van der Waals surface area contributed by atoms with Crippen LogP contribution >= 0.6 is 11.6 Å². The number of hydrogen-bond acceptors (Lipinski definition) is 2. The third-order valence-electron chi connectivity index (χ3n) is 3.55. The van der Waals surface area contributed by atoms with Crippen molar-refractivity contribution in [2.24, 2.45) is 0 Å². The molecule has 0 heterocycles. The molecule has 1 atom stereocenters. The van der Waals surface area contributed by atoms with Crippen LogP contribution < -0.4 is 10.1 Å². The Labute approximate surface area is 129 Å². The van der Waals surface area contributed by atoms with E-state index in [1.165, 1.54) is 6.07 Å². The standard InChI is InChI=1S/C17H19ClFNO/c1-10-7-13(5-6-15(10)18)21-17-8-11(2)16(19)9-14(17)12(3)20-4/h5-9,12,20H,1-4H3. The first-order valence-corrected chi connectivity index (χ1v) is 7.21. The molecule has 2 rings (SSSR count). The molecule has 4 heteroatoms. The Bertz CT molecular complexity index is 657.